The van der Waals surface area contributed by atoms with Crippen LogP contribution in [-0.4, -0.2) is 10.2 Å². The Morgan fingerprint density at radius 2 is 1.87 bits per heavy atom. The summed E-state index contributed by atoms with van der Waals surface area (Å²) in [5.41, 5.74) is 2.05. The van der Waals surface area contributed by atoms with Crippen molar-refractivity contribution in [3.63, 3.8) is 0 Å². The molecular weight excluding hydrogens is 315 g/mol. The lowest BCUT2D eigenvalue weighted by molar-refractivity contribution is 0.251. The van der Waals surface area contributed by atoms with Crippen LogP contribution in [0.5, 0.6) is 5.75 Å². The number of ether oxygens (including phenoxy) is 1. The van der Waals surface area contributed by atoms with E-state index in [0.29, 0.717) is 16.9 Å². The summed E-state index contributed by atoms with van der Waals surface area (Å²) < 4.78 is 24.0. The van der Waals surface area contributed by atoms with Gasteiger partial charge in [-0.3, -0.25) is 0 Å². The third kappa shape index (κ3) is 4.32. The van der Waals surface area contributed by atoms with Crippen molar-refractivity contribution < 1.29 is 13.5 Å². The molecular formula is C17H15FN2O2S. The molecule has 0 unspecified atom stereocenters. The minimum Gasteiger partial charge on any atom is -0.484 e. The molecule has 0 saturated carbocycles. The predicted molar refractivity (Wildman–Crippen MR) is 85.8 cm³/mol. The summed E-state index contributed by atoms with van der Waals surface area (Å²) in [7, 11) is 0. The van der Waals surface area contributed by atoms with Gasteiger partial charge in [0, 0.05) is 5.75 Å². The molecule has 4 nitrogen and oxygen atoms in total. The Morgan fingerprint density at radius 3 is 2.65 bits per heavy atom. The van der Waals surface area contributed by atoms with Crippen molar-refractivity contribution in [1.29, 1.82) is 0 Å². The number of hydrogen-bond donors (Lipinski definition) is 0. The molecule has 0 atom stereocenters. The molecule has 0 bridgehead atoms. The van der Waals surface area contributed by atoms with Crippen LogP contribution in [0.15, 0.2) is 58.2 Å². The van der Waals surface area contributed by atoms with Gasteiger partial charge in [-0.1, -0.05) is 42.1 Å². The lowest BCUT2D eigenvalue weighted by Gasteiger charge is -2.05. The van der Waals surface area contributed by atoms with Crippen LogP contribution in [0.3, 0.4) is 0 Å². The summed E-state index contributed by atoms with van der Waals surface area (Å²) in [6.45, 7) is 2.21. The first-order valence-corrected chi connectivity index (χ1v) is 8.07. The molecule has 0 aliphatic heterocycles. The molecule has 0 amide bonds. The van der Waals surface area contributed by atoms with E-state index in [4.69, 9.17) is 9.15 Å². The summed E-state index contributed by atoms with van der Waals surface area (Å²) >= 11 is 1.41. The number of thioether (sulfide) groups is 1. The van der Waals surface area contributed by atoms with E-state index in [1.165, 1.54) is 23.9 Å². The highest BCUT2D eigenvalue weighted by molar-refractivity contribution is 7.98. The second-order valence-corrected chi connectivity index (χ2v) is 5.86. The lowest BCUT2D eigenvalue weighted by Crippen LogP contribution is -1.97. The molecule has 23 heavy (non-hydrogen) atoms. The zero-order chi connectivity index (χ0) is 16.1. The second kappa shape index (κ2) is 7.28. The molecule has 0 N–H and O–H groups in total. The summed E-state index contributed by atoms with van der Waals surface area (Å²) in [5.74, 6) is 1.62. The molecule has 0 fully saturated rings. The Balaban J connectivity index is 1.53. The van der Waals surface area contributed by atoms with Crippen molar-refractivity contribution >= 4 is 11.8 Å². The van der Waals surface area contributed by atoms with Crippen LogP contribution in [0.2, 0.25) is 0 Å². The Morgan fingerprint density at radius 1 is 1.09 bits per heavy atom. The van der Waals surface area contributed by atoms with Gasteiger partial charge in [0.15, 0.2) is 6.61 Å². The lowest BCUT2D eigenvalue weighted by atomic mass is 10.2. The van der Waals surface area contributed by atoms with Gasteiger partial charge in [-0.15, -0.1) is 10.2 Å². The maximum Gasteiger partial charge on any atom is 0.277 e. The number of para-hydroxylation sites is 1. The fourth-order valence-electron chi connectivity index (χ4n) is 1.94. The largest absolute Gasteiger partial charge is 0.484 e. The molecule has 0 aliphatic carbocycles. The number of aryl methyl sites for hydroxylation is 1. The fraction of sp³-hybridized carbons (Fsp3) is 0.176. The number of benzene rings is 2. The summed E-state index contributed by atoms with van der Waals surface area (Å²) in [4.78, 5) is 0. The maximum atomic E-state index is 12.8. The van der Waals surface area contributed by atoms with E-state index in [-0.39, 0.29) is 12.4 Å². The maximum absolute atomic E-state index is 12.8. The first kappa shape index (κ1) is 15.6. The van der Waals surface area contributed by atoms with Gasteiger partial charge in [-0.05, 0) is 36.2 Å². The molecule has 6 heteroatoms. The van der Waals surface area contributed by atoms with Crippen molar-refractivity contribution in [1.82, 2.24) is 10.2 Å². The van der Waals surface area contributed by atoms with Crippen LogP contribution >= 0.6 is 11.8 Å². The van der Waals surface area contributed by atoms with Gasteiger partial charge in [-0.2, -0.15) is 0 Å². The van der Waals surface area contributed by atoms with Crippen molar-refractivity contribution in [2.45, 2.75) is 24.5 Å². The van der Waals surface area contributed by atoms with E-state index in [1.54, 1.807) is 12.1 Å². The third-order valence-electron chi connectivity index (χ3n) is 3.17. The van der Waals surface area contributed by atoms with Crippen LogP contribution in [0.4, 0.5) is 4.39 Å². The molecule has 0 saturated heterocycles. The average molecular weight is 330 g/mol. The van der Waals surface area contributed by atoms with Gasteiger partial charge in [0.1, 0.15) is 11.6 Å². The van der Waals surface area contributed by atoms with Gasteiger partial charge in [-0.25, -0.2) is 4.39 Å². The normalized spacial score (nSPS) is 10.7. The second-order valence-electron chi connectivity index (χ2n) is 4.93. The quantitative estimate of drug-likeness (QED) is 0.627. The van der Waals surface area contributed by atoms with E-state index >= 15 is 0 Å². The smallest absolute Gasteiger partial charge is 0.277 e. The monoisotopic (exact) mass is 330 g/mol. The van der Waals surface area contributed by atoms with Crippen LogP contribution in [0.1, 0.15) is 17.0 Å². The van der Waals surface area contributed by atoms with Crippen LogP contribution in [0.25, 0.3) is 0 Å². The van der Waals surface area contributed by atoms with E-state index in [9.17, 15) is 4.39 Å². The average Bonchev–Trinajstić information content (AvgIpc) is 3.02. The van der Waals surface area contributed by atoms with Crippen molar-refractivity contribution in [3.8, 4) is 5.75 Å². The molecule has 0 aliphatic rings. The topological polar surface area (TPSA) is 48.2 Å². The number of halogens is 1. The van der Waals surface area contributed by atoms with Gasteiger partial charge in [0.2, 0.25) is 0 Å². The van der Waals surface area contributed by atoms with E-state index < -0.39 is 0 Å². The molecule has 118 valence electrons. The molecule has 3 rings (SSSR count). The molecule has 1 aromatic heterocycles. The summed E-state index contributed by atoms with van der Waals surface area (Å²) in [5, 5.41) is 8.41. The minimum atomic E-state index is -0.243. The molecule has 2 aromatic carbocycles. The van der Waals surface area contributed by atoms with Crippen LogP contribution in [-0.2, 0) is 12.4 Å². The molecule has 3 aromatic rings. The third-order valence-corrected chi connectivity index (χ3v) is 4.06. The fourth-order valence-corrected chi connectivity index (χ4v) is 2.67. The van der Waals surface area contributed by atoms with Gasteiger partial charge in [0.25, 0.3) is 11.1 Å². The van der Waals surface area contributed by atoms with E-state index in [1.807, 2.05) is 31.2 Å². The first-order valence-electron chi connectivity index (χ1n) is 7.09. The van der Waals surface area contributed by atoms with Crippen molar-refractivity contribution in [2.75, 3.05) is 0 Å². The summed E-state index contributed by atoms with van der Waals surface area (Å²) in [6.07, 6.45) is 0. The zero-order valence-electron chi connectivity index (χ0n) is 12.5. The number of aromatic nitrogens is 2. The van der Waals surface area contributed by atoms with Gasteiger partial charge in [0.05, 0.1) is 0 Å². The number of hydrogen-bond acceptors (Lipinski definition) is 5. The minimum absolute atomic E-state index is 0.231. The Hall–Kier alpha value is -2.34. The van der Waals surface area contributed by atoms with Gasteiger partial charge < -0.3 is 9.15 Å². The van der Waals surface area contributed by atoms with E-state index in [2.05, 4.69) is 10.2 Å². The molecule has 0 radical (unpaired) electrons. The highest BCUT2D eigenvalue weighted by Crippen LogP contribution is 2.22. The number of rotatable bonds is 6. The first-order chi connectivity index (χ1) is 11.2. The van der Waals surface area contributed by atoms with Crippen molar-refractivity contribution in [3.05, 3.63) is 71.4 Å². The van der Waals surface area contributed by atoms with Gasteiger partial charge >= 0.3 is 0 Å². The predicted octanol–water partition coefficient (Wildman–Crippen LogP) is 4.39. The summed E-state index contributed by atoms with van der Waals surface area (Å²) in [6, 6.07) is 14.1. The molecule has 1 heterocycles. The highest BCUT2D eigenvalue weighted by Gasteiger charge is 2.08. The Labute approximate surface area is 137 Å². The SMILES string of the molecule is Cc1ccccc1OCc1nnc(SCc2ccc(F)cc2)o1. The number of nitrogens with zero attached hydrogens (tertiary/aromatic N) is 2. The van der Waals surface area contributed by atoms with E-state index in [0.717, 1.165) is 16.9 Å². The Bertz CT molecular complexity index is 774. The standard InChI is InChI=1S/C17H15FN2O2S/c1-12-4-2-3-5-15(12)21-10-16-19-20-17(22-16)23-11-13-6-8-14(18)9-7-13/h2-9H,10-11H2,1H3. The Kier molecular flexibility index (Phi) is 4.92. The van der Waals surface area contributed by atoms with Crippen molar-refractivity contribution in [2.24, 2.45) is 0 Å². The molecule has 0 spiro atoms. The van der Waals surface area contributed by atoms with Crippen LogP contribution in [0, 0.1) is 12.7 Å². The van der Waals surface area contributed by atoms with Crippen LogP contribution < -0.4 is 4.74 Å². The highest BCUT2D eigenvalue weighted by atomic mass is 32.2. The zero-order valence-corrected chi connectivity index (χ0v) is 13.3.